The summed E-state index contributed by atoms with van der Waals surface area (Å²) >= 11 is 0. The number of piperazine rings is 1. The Bertz CT molecular complexity index is 339. The van der Waals surface area contributed by atoms with E-state index < -0.39 is 0 Å². The maximum absolute atomic E-state index is 4.47. The molecule has 1 fully saturated rings. The summed E-state index contributed by atoms with van der Waals surface area (Å²) in [5, 5.41) is 3.39. The van der Waals surface area contributed by atoms with Gasteiger partial charge in [0, 0.05) is 50.5 Å². The van der Waals surface area contributed by atoms with Gasteiger partial charge in [-0.1, -0.05) is 13.8 Å². The van der Waals surface area contributed by atoms with Crippen LogP contribution in [0.25, 0.3) is 0 Å². The number of hydrogen-bond donors (Lipinski definition) is 2. The van der Waals surface area contributed by atoms with E-state index in [0.717, 1.165) is 38.4 Å². The topological polar surface area (TPSA) is 44.0 Å². The molecule has 1 aliphatic heterocycles. The molecule has 0 aliphatic carbocycles. The summed E-state index contributed by atoms with van der Waals surface area (Å²) in [5.41, 5.74) is 1.24. The molecular formula is C13H24N4. The Hall–Kier alpha value is -0.870. The van der Waals surface area contributed by atoms with Crippen LogP contribution in [0.3, 0.4) is 0 Å². The number of aromatic amines is 1. The Kier molecular flexibility index (Phi) is 4.18. The van der Waals surface area contributed by atoms with Gasteiger partial charge in [-0.15, -0.1) is 0 Å². The summed E-state index contributed by atoms with van der Waals surface area (Å²) in [6, 6.07) is 0.572. The van der Waals surface area contributed by atoms with Crippen molar-refractivity contribution in [1.82, 2.24) is 20.2 Å². The van der Waals surface area contributed by atoms with Crippen LogP contribution in [0.1, 0.15) is 38.2 Å². The van der Waals surface area contributed by atoms with E-state index in [1.165, 1.54) is 5.69 Å². The number of hydrogen-bond acceptors (Lipinski definition) is 3. The summed E-state index contributed by atoms with van der Waals surface area (Å²) < 4.78 is 0. The van der Waals surface area contributed by atoms with Gasteiger partial charge in [0.2, 0.25) is 0 Å². The lowest BCUT2D eigenvalue weighted by Crippen LogP contribution is -2.48. The van der Waals surface area contributed by atoms with Crippen LogP contribution in [0.15, 0.2) is 6.20 Å². The van der Waals surface area contributed by atoms with Crippen LogP contribution in [-0.2, 0) is 6.42 Å². The van der Waals surface area contributed by atoms with Crippen LogP contribution in [0, 0.1) is 0 Å². The van der Waals surface area contributed by atoms with E-state index in [1.54, 1.807) is 0 Å². The van der Waals surface area contributed by atoms with Crippen molar-refractivity contribution in [2.45, 2.75) is 39.2 Å². The molecule has 1 unspecified atom stereocenters. The van der Waals surface area contributed by atoms with Crippen LogP contribution in [-0.4, -0.2) is 47.1 Å². The molecule has 4 nitrogen and oxygen atoms in total. The molecule has 0 radical (unpaired) electrons. The SMILES string of the molecule is CC(C)c1cnc(CC(C)N2CCNCC2)[nH]1. The van der Waals surface area contributed by atoms with Gasteiger partial charge in [-0.2, -0.15) is 0 Å². The molecule has 2 N–H and O–H groups in total. The highest BCUT2D eigenvalue weighted by molar-refractivity contribution is 5.06. The van der Waals surface area contributed by atoms with E-state index in [-0.39, 0.29) is 0 Å². The van der Waals surface area contributed by atoms with Crippen LogP contribution >= 0.6 is 0 Å². The summed E-state index contributed by atoms with van der Waals surface area (Å²) in [7, 11) is 0. The molecular weight excluding hydrogens is 212 g/mol. The fourth-order valence-corrected chi connectivity index (χ4v) is 2.31. The standard InChI is InChI=1S/C13H24N4/c1-10(2)12-9-15-13(16-12)8-11(3)17-6-4-14-5-7-17/h9-11,14H,4-8H2,1-3H3,(H,15,16). The number of nitrogens with zero attached hydrogens (tertiary/aromatic N) is 2. The van der Waals surface area contributed by atoms with Gasteiger partial charge in [-0.05, 0) is 12.8 Å². The summed E-state index contributed by atoms with van der Waals surface area (Å²) in [5.74, 6) is 1.66. The second-order valence-electron chi connectivity index (χ2n) is 5.28. The highest BCUT2D eigenvalue weighted by Crippen LogP contribution is 2.13. The summed E-state index contributed by atoms with van der Waals surface area (Å²) in [6.07, 6.45) is 3.00. The Labute approximate surface area is 104 Å². The predicted octanol–water partition coefficient (Wildman–Crippen LogP) is 1.37. The minimum absolute atomic E-state index is 0.533. The fraction of sp³-hybridized carbons (Fsp3) is 0.769. The molecule has 1 aromatic rings. The largest absolute Gasteiger partial charge is 0.346 e. The van der Waals surface area contributed by atoms with Crippen LogP contribution in [0.5, 0.6) is 0 Å². The number of H-pyrrole nitrogens is 1. The van der Waals surface area contributed by atoms with Crippen molar-refractivity contribution in [2.75, 3.05) is 26.2 Å². The van der Waals surface area contributed by atoms with E-state index in [2.05, 4.69) is 41.0 Å². The molecule has 4 heteroatoms. The van der Waals surface area contributed by atoms with Crippen LogP contribution in [0.2, 0.25) is 0 Å². The lowest BCUT2D eigenvalue weighted by molar-refractivity contribution is 0.182. The van der Waals surface area contributed by atoms with E-state index >= 15 is 0 Å². The molecule has 0 bridgehead atoms. The maximum Gasteiger partial charge on any atom is 0.107 e. The fourth-order valence-electron chi connectivity index (χ4n) is 2.31. The number of aromatic nitrogens is 2. The van der Waals surface area contributed by atoms with Crippen molar-refractivity contribution in [3.05, 3.63) is 17.7 Å². The van der Waals surface area contributed by atoms with E-state index in [9.17, 15) is 0 Å². The Balaban J connectivity index is 1.90. The van der Waals surface area contributed by atoms with Gasteiger partial charge in [0.15, 0.2) is 0 Å². The quantitative estimate of drug-likeness (QED) is 0.830. The zero-order valence-electron chi connectivity index (χ0n) is 11.2. The van der Waals surface area contributed by atoms with Crippen molar-refractivity contribution in [2.24, 2.45) is 0 Å². The first-order valence-corrected chi connectivity index (χ1v) is 6.65. The molecule has 1 aliphatic rings. The van der Waals surface area contributed by atoms with Gasteiger partial charge in [-0.3, -0.25) is 4.90 Å². The molecule has 0 aromatic carbocycles. The zero-order chi connectivity index (χ0) is 12.3. The van der Waals surface area contributed by atoms with E-state index in [0.29, 0.717) is 12.0 Å². The number of rotatable bonds is 4. The highest BCUT2D eigenvalue weighted by atomic mass is 15.2. The smallest absolute Gasteiger partial charge is 0.107 e. The van der Waals surface area contributed by atoms with Crippen molar-refractivity contribution in [3.8, 4) is 0 Å². The van der Waals surface area contributed by atoms with E-state index in [4.69, 9.17) is 0 Å². The van der Waals surface area contributed by atoms with Crippen molar-refractivity contribution in [3.63, 3.8) is 0 Å². The molecule has 0 amide bonds. The van der Waals surface area contributed by atoms with E-state index in [1.807, 2.05) is 6.20 Å². The average Bonchev–Trinajstić information content (AvgIpc) is 2.79. The molecule has 1 atom stereocenters. The molecule has 17 heavy (non-hydrogen) atoms. The monoisotopic (exact) mass is 236 g/mol. The lowest BCUT2D eigenvalue weighted by atomic mass is 10.1. The van der Waals surface area contributed by atoms with Crippen molar-refractivity contribution < 1.29 is 0 Å². The number of nitrogens with one attached hydrogen (secondary N) is 2. The summed E-state index contributed by atoms with van der Waals surface area (Å²) in [6.45, 7) is 11.2. The summed E-state index contributed by atoms with van der Waals surface area (Å²) in [4.78, 5) is 10.4. The number of imidazole rings is 1. The Morgan fingerprint density at radius 3 is 2.59 bits per heavy atom. The van der Waals surface area contributed by atoms with Crippen LogP contribution in [0.4, 0.5) is 0 Å². The minimum Gasteiger partial charge on any atom is -0.346 e. The highest BCUT2D eigenvalue weighted by Gasteiger charge is 2.17. The van der Waals surface area contributed by atoms with Gasteiger partial charge in [0.25, 0.3) is 0 Å². The molecule has 2 heterocycles. The molecule has 0 spiro atoms. The second-order valence-corrected chi connectivity index (χ2v) is 5.28. The first kappa shape index (κ1) is 12.6. The molecule has 1 aromatic heterocycles. The molecule has 96 valence electrons. The third-order valence-electron chi connectivity index (χ3n) is 3.53. The maximum atomic E-state index is 4.47. The molecule has 0 saturated carbocycles. The minimum atomic E-state index is 0.533. The Morgan fingerprint density at radius 1 is 1.29 bits per heavy atom. The molecule has 2 rings (SSSR count). The van der Waals surface area contributed by atoms with Gasteiger partial charge in [0.1, 0.15) is 5.82 Å². The Morgan fingerprint density at radius 2 is 2.00 bits per heavy atom. The normalized spacial score (nSPS) is 19.8. The van der Waals surface area contributed by atoms with Gasteiger partial charge >= 0.3 is 0 Å². The van der Waals surface area contributed by atoms with Crippen LogP contribution < -0.4 is 5.32 Å². The van der Waals surface area contributed by atoms with Crippen molar-refractivity contribution >= 4 is 0 Å². The average molecular weight is 236 g/mol. The third-order valence-corrected chi connectivity index (χ3v) is 3.53. The van der Waals surface area contributed by atoms with Gasteiger partial charge in [0.05, 0.1) is 0 Å². The van der Waals surface area contributed by atoms with Gasteiger partial charge in [-0.25, -0.2) is 4.98 Å². The second kappa shape index (κ2) is 5.65. The van der Waals surface area contributed by atoms with Crippen molar-refractivity contribution in [1.29, 1.82) is 0 Å². The lowest BCUT2D eigenvalue weighted by Gasteiger charge is -2.32. The van der Waals surface area contributed by atoms with Gasteiger partial charge < -0.3 is 10.3 Å². The zero-order valence-corrected chi connectivity index (χ0v) is 11.2. The first-order valence-electron chi connectivity index (χ1n) is 6.65. The molecule has 1 saturated heterocycles. The first-order chi connectivity index (χ1) is 8.16. The predicted molar refractivity (Wildman–Crippen MR) is 70.3 cm³/mol. The third kappa shape index (κ3) is 3.30.